The Bertz CT molecular complexity index is 582. The summed E-state index contributed by atoms with van der Waals surface area (Å²) in [6.07, 6.45) is 2.96. The highest BCUT2D eigenvalue weighted by Gasteiger charge is 2.08. The number of anilines is 1. The molecule has 94 valence electrons. The molecule has 0 aliphatic carbocycles. The number of carboxylic acids is 1. The third kappa shape index (κ3) is 2.60. The number of hydrogen-bond donors (Lipinski definition) is 2. The van der Waals surface area contributed by atoms with E-state index in [0.717, 1.165) is 5.69 Å². The molecule has 0 radical (unpaired) electrons. The van der Waals surface area contributed by atoms with E-state index in [4.69, 9.17) is 16.7 Å². The van der Waals surface area contributed by atoms with Gasteiger partial charge in [-0.2, -0.15) is 5.10 Å². The summed E-state index contributed by atoms with van der Waals surface area (Å²) < 4.78 is 1.73. The molecule has 0 fully saturated rings. The molecule has 2 aromatic rings. The fourth-order valence-electron chi connectivity index (χ4n) is 1.43. The molecule has 0 amide bonds. The van der Waals surface area contributed by atoms with Gasteiger partial charge < -0.3 is 10.4 Å². The maximum absolute atomic E-state index is 10.7. The van der Waals surface area contributed by atoms with E-state index in [1.165, 1.54) is 12.3 Å². The van der Waals surface area contributed by atoms with Crippen molar-refractivity contribution >= 4 is 23.4 Å². The van der Waals surface area contributed by atoms with Crippen molar-refractivity contribution < 1.29 is 9.90 Å². The third-order valence-electron chi connectivity index (χ3n) is 2.45. The number of hydrogen-bond acceptors (Lipinski definition) is 4. The molecule has 0 saturated heterocycles. The van der Waals surface area contributed by atoms with Gasteiger partial charge in [0.05, 0.1) is 22.8 Å². The number of nitrogens with one attached hydrogen (secondary N) is 1. The monoisotopic (exact) mass is 266 g/mol. The lowest BCUT2D eigenvalue weighted by Crippen LogP contribution is -2.07. The summed E-state index contributed by atoms with van der Waals surface area (Å²) in [6, 6.07) is 3.23. The number of aromatic carboxylic acids is 1. The molecule has 0 spiro atoms. The Hall–Kier alpha value is -2.08. The molecule has 0 atom stereocenters. The molecule has 2 heterocycles. The van der Waals surface area contributed by atoms with Crippen molar-refractivity contribution in [2.45, 2.75) is 6.54 Å². The quantitative estimate of drug-likeness (QED) is 0.882. The van der Waals surface area contributed by atoms with Gasteiger partial charge in [0.1, 0.15) is 5.82 Å². The van der Waals surface area contributed by atoms with E-state index >= 15 is 0 Å². The standard InChI is InChI=1S/C11H11ClN4O2/c1-16-8(2-3-15-16)6-14-10-9(12)4-7(5-13-10)11(17)18/h2-5H,6H2,1H3,(H,13,14)(H,17,18). The fraction of sp³-hybridized carbons (Fsp3) is 0.182. The van der Waals surface area contributed by atoms with Crippen LogP contribution in [0.25, 0.3) is 0 Å². The molecule has 0 unspecified atom stereocenters. The molecule has 18 heavy (non-hydrogen) atoms. The van der Waals surface area contributed by atoms with Crippen LogP contribution in [0.1, 0.15) is 16.1 Å². The predicted octanol–water partition coefficient (Wildman–Crippen LogP) is 1.78. The molecule has 2 aromatic heterocycles. The first-order chi connectivity index (χ1) is 8.58. The second kappa shape index (κ2) is 5.05. The molecule has 0 aromatic carbocycles. The molecule has 0 saturated carbocycles. The first-order valence-corrected chi connectivity index (χ1v) is 5.55. The summed E-state index contributed by atoms with van der Waals surface area (Å²) >= 11 is 5.94. The summed E-state index contributed by atoms with van der Waals surface area (Å²) in [7, 11) is 1.83. The number of rotatable bonds is 4. The van der Waals surface area contributed by atoms with E-state index in [1.807, 2.05) is 13.1 Å². The predicted molar refractivity (Wildman–Crippen MR) is 66.7 cm³/mol. The number of aryl methyl sites for hydroxylation is 1. The van der Waals surface area contributed by atoms with E-state index in [1.54, 1.807) is 10.9 Å². The van der Waals surface area contributed by atoms with Crippen LogP contribution >= 0.6 is 11.6 Å². The highest BCUT2D eigenvalue weighted by molar-refractivity contribution is 6.33. The van der Waals surface area contributed by atoms with E-state index in [9.17, 15) is 4.79 Å². The van der Waals surface area contributed by atoms with Crippen LogP contribution in [0.2, 0.25) is 5.02 Å². The van der Waals surface area contributed by atoms with Crippen LogP contribution in [0.5, 0.6) is 0 Å². The maximum Gasteiger partial charge on any atom is 0.337 e. The third-order valence-corrected chi connectivity index (χ3v) is 2.74. The van der Waals surface area contributed by atoms with E-state index < -0.39 is 5.97 Å². The molecule has 2 N–H and O–H groups in total. The highest BCUT2D eigenvalue weighted by atomic mass is 35.5. The van der Waals surface area contributed by atoms with Gasteiger partial charge in [0.25, 0.3) is 0 Å². The van der Waals surface area contributed by atoms with Crippen molar-refractivity contribution in [2.75, 3.05) is 5.32 Å². The maximum atomic E-state index is 10.7. The smallest absolute Gasteiger partial charge is 0.337 e. The lowest BCUT2D eigenvalue weighted by atomic mass is 10.3. The van der Waals surface area contributed by atoms with E-state index in [0.29, 0.717) is 12.4 Å². The zero-order chi connectivity index (χ0) is 13.1. The first-order valence-electron chi connectivity index (χ1n) is 5.17. The normalized spacial score (nSPS) is 10.3. The average Bonchev–Trinajstić information content (AvgIpc) is 2.73. The van der Waals surface area contributed by atoms with Gasteiger partial charge in [0, 0.05) is 19.4 Å². The first kappa shape index (κ1) is 12.4. The summed E-state index contributed by atoms with van der Waals surface area (Å²) in [5, 5.41) is 16.1. The molecule has 0 bridgehead atoms. The molecular weight excluding hydrogens is 256 g/mol. The fourth-order valence-corrected chi connectivity index (χ4v) is 1.67. The van der Waals surface area contributed by atoms with Crippen molar-refractivity contribution in [3.05, 3.63) is 40.8 Å². The number of carboxylic acid groups (broad SMARTS) is 1. The van der Waals surface area contributed by atoms with E-state index in [2.05, 4.69) is 15.4 Å². The van der Waals surface area contributed by atoms with Crippen molar-refractivity contribution in [2.24, 2.45) is 7.05 Å². The van der Waals surface area contributed by atoms with Crippen LogP contribution in [0, 0.1) is 0 Å². The van der Waals surface area contributed by atoms with Gasteiger partial charge >= 0.3 is 5.97 Å². The minimum absolute atomic E-state index is 0.0612. The Morgan fingerprint density at radius 2 is 2.39 bits per heavy atom. The Kier molecular flexibility index (Phi) is 3.47. The Morgan fingerprint density at radius 1 is 1.61 bits per heavy atom. The summed E-state index contributed by atoms with van der Waals surface area (Å²) in [6.45, 7) is 0.510. The van der Waals surface area contributed by atoms with Crippen molar-refractivity contribution in [1.82, 2.24) is 14.8 Å². The molecule has 2 rings (SSSR count). The molecular formula is C11H11ClN4O2. The zero-order valence-corrected chi connectivity index (χ0v) is 10.3. The van der Waals surface area contributed by atoms with Gasteiger partial charge in [-0.05, 0) is 12.1 Å². The van der Waals surface area contributed by atoms with Crippen LogP contribution in [0.3, 0.4) is 0 Å². The SMILES string of the molecule is Cn1nccc1CNc1ncc(C(=O)O)cc1Cl. The van der Waals surface area contributed by atoms with Crippen LogP contribution < -0.4 is 5.32 Å². The Balaban J connectivity index is 2.11. The van der Waals surface area contributed by atoms with Crippen molar-refractivity contribution in [3.63, 3.8) is 0 Å². The van der Waals surface area contributed by atoms with Crippen LogP contribution in [-0.4, -0.2) is 25.8 Å². The average molecular weight is 267 g/mol. The topological polar surface area (TPSA) is 80.0 Å². The van der Waals surface area contributed by atoms with Gasteiger partial charge in [-0.15, -0.1) is 0 Å². The minimum atomic E-state index is -1.05. The summed E-state index contributed by atoms with van der Waals surface area (Å²) in [5.74, 6) is -0.606. The van der Waals surface area contributed by atoms with Crippen molar-refractivity contribution in [1.29, 1.82) is 0 Å². The largest absolute Gasteiger partial charge is 0.478 e. The second-order valence-electron chi connectivity index (χ2n) is 3.66. The van der Waals surface area contributed by atoms with Gasteiger partial charge in [0.2, 0.25) is 0 Å². The summed E-state index contributed by atoms with van der Waals surface area (Å²) in [5.41, 5.74) is 1.03. The number of halogens is 1. The Morgan fingerprint density at radius 3 is 2.94 bits per heavy atom. The molecule has 7 heteroatoms. The van der Waals surface area contributed by atoms with Crippen LogP contribution in [-0.2, 0) is 13.6 Å². The molecule has 0 aliphatic heterocycles. The number of pyridine rings is 1. The summed E-state index contributed by atoms with van der Waals surface area (Å²) in [4.78, 5) is 14.7. The second-order valence-corrected chi connectivity index (χ2v) is 4.07. The van der Waals surface area contributed by atoms with Gasteiger partial charge in [-0.1, -0.05) is 11.6 Å². The van der Waals surface area contributed by atoms with Crippen LogP contribution in [0.4, 0.5) is 5.82 Å². The number of carbonyl (C=O) groups is 1. The van der Waals surface area contributed by atoms with E-state index in [-0.39, 0.29) is 10.6 Å². The van der Waals surface area contributed by atoms with Gasteiger partial charge in [-0.25, -0.2) is 9.78 Å². The molecule has 6 nitrogen and oxygen atoms in total. The number of nitrogens with zero attached hydrogens (tertiary/aromatic N) is 3. The minimum Gasteiger partial charge on any atom is -0.478 e. The van der Waals surface area contributed by atoms with Gasteiger partial charge in [-0.3, -0.25) is 4.68 Å². The lowest BCUT2D eigenvalue weighted by molar-refractivity contribution is 0.0696. The Labute approximate surface area is 108 Å². The molecule has 0 aliphatic rings. The highest BCUT2D eigenvalue weighted by Crippen LogP contribution is 2.20. The zero-order valence-electron chi connectivity index (χ0n) is 9.59. The lowest BCUT2D eigenvalue weighted by Gasteiger charge is -2.08. The number of aromatic nitrogens is 3. The van der Waals surface area contributed by atoms with Gasteiger partial charge in [0.15, 0.2) is 0 Å². The van der Waals surface area contributed by atoms with Crippen molar-refractivity contribution in [3.8, 4) is 0 Å². The van der Waals surface area contributed by atoms with Crippen LogP contribution in [0.15, 0.2) is 24.5 Å².